The van der Waals surface area contributed by atoms with E-state index in [1.165, 1.54) is 5.69 Å². The Kier molecular flexibility index (Phi) is 5.59. The summed E-state index contributed by atoms with van der Waals surface area (Å²) in [5, 5.41) is 11.5. The van der Waals surface area contributed by atoms with Gasteiger partial charge >= 0.3 is 0 Å². The molecule has 0 aromatic heterocycles. The molecule has 6 heteroatoms. The number of primary amides is 1. The summed E-state index contributed by atoms with van der Waals surface area (Å²) in [7, 11) is 0. The van der Waals surface area contributed by atoms with Crippen molar-refractivity contribution in [1.82, 2.24) is 0 Å². The van der Waals surface area contributed by atoms with E-state index in [0.717, 1.165) is 31.0 Å². The van der Waals surface area contributed by atoms with Crippen LogP contribution in [0.2, 0.25) is 0 Å². The fourth-order valence-corrected chi connectivity index (χ4v) is 3.45. The summed E-state index contributed by atoms with van der Waals surface area (Å²) in [5.74, 6) is -0.276. The number of nitriles is 1. The van der Waals surface area contributed by atoms with Crippen molar-refractivity contribution in [2.24, 2.45) is 5.73 Å². The van der Waals surface area contributed by atoms with Gasteiger partial charge in [0.2, 0.25) is 5.91 Å². The lowest BCUT2D eigenvalue weighted by Gasteiger charge is -2.44. The largest absolute Gasteiger partial charge is 0.370 e. The Morgan fingerprint density at radius 2 is 1.92 bits per heavy atom. The van der Waals surface area contributed by atoms with E-state index in [-0.39, 0.29) is 11.9 Å². The first-order valence-electron chi connectivity index (χ1n) is 8.77. The molecular formula is C20H23N5O. The van der Waals surface area contributed by atoms with E-state index >= 15 is 0 Å². The highest BCUT2D eigenvalue weighted by Crippen LogP contribution is 2.27. The molecule has 1 heterocycles. The van der Waals surface area contributed by atoms with Crippen molar-refractivity contribution in [2.45, 2.75) is 18.9 Å². The molecule has 1 unspecified atom stereocenters. The standard InChI is InChI=1S/C20H23N5O/c21-15-23-16-5-4-8-18(13-16)25-12-11-24(17-6-2-1-3-7-17)14-19(25)9-10-20(22)26/h1-8,13,19,23H,9-12,14H2,(H2,22,26). The van der Waals surface area contributed by atoms with Gasteiger partial charge in [0.1, 0.15) is 0 Å². The van der Waals surface area contributed by atoms with Gasteiger partial charge in [0.25, 0.3) is 0 Å². The molecule has 0 spiro atoms. The third kappa shape index (κ3) is 4.25. The summed E-state index contributed by atoms with van der Waals surface area (Å²) in [5.41, 5.74) is 8.39. The van der Waals surface area contributed by atoms with Crippen molar-refractivity contribution in [3.63, 3.8) is 0 Å². The Balaban J connectivity index is 1.81. The maximum atomic E-state index is 11.3. The molecule has 3 N–H and O–H groups in total. The molecule has 0 saturated carbocycles. The van der Waals surface area contributed by atoms with Gasteiger partial charge in [0.15, 0.2) is 6.19 Å². The third-order valence-electron chi connectivity index (χ3n) is 4.71. The van der Waals surface area contributed by atoms with Crippen molar-refractivity contribution in [3.8, 4) is 6.19 Å². The van der Waals surface area contributed by atoms with Crippen LogP contribution in [0.25, 0.3) is 0 Å². The quantitative estimate of drug-likeness (QED) is 0.618. The van der Waals surface area contributed by atoms with Crippen LogP contribution >= 0.6 is 0 Å². The van der Waals surface area contributed by atoms with E-state index in [0.29, 0.717) is 12.8 Å². The lowest BCUT2D eigenvalue weighted by atomic mass is 10.0. The first kappa shape index (κ1) is 17.6. The molecule has 1 amide bonds. The number of rotatable bonds is 6. The number of carbonyl (C=O) groups excluding carboxylic acids is 1. The van der Waals surface area contributed by atoms with Crippen LogP contribution in [-0.2, 0) is 4.79 Å². The molecule has 2 aromatic rings. The number of para-hydroxylation sites is 1. The van der Waals surface area contributed by atoms with Gasteiger partial charge in [0, 0.05) is 49.2 Å². The Labute approximate surface area is 153 Å². The van der Waals surface area contributed by atoms with Gasteiger partial charge in [-0.05, 0) is 36.8 Å². The molecule has 1 saturated heterocycles. The van der Waals surface area contributed by atoms with E-state index in [1.807, 2.05) is 48.7 Å². The number of carbonyl (C=O) groups is 1. The first-order valence-corrected chi connectivity index (χ1v) is 8.77. The predicted molar refractivity (Wildman–Crippen MR) is 104 cm³/mol. The summed E-state index contributed by atoms with van der Waals surface area (Å²) in [6.07, 6.45) is 3.02. The lowest BCUT2D eigenvalue weighted by Crippen LogP contribution is -2.53. The Hall–Kier alpha value is -3.20. The van der Waals surface area contributed by atoms with Crippen molar-refractivity contribution in [1.29, 1.82) is 5.26 Å². The number of nitrogens with two attached hydrogens (primary N) is 1. The predicted octanol–water partition coefficient (Wildman–Crippen LogP) is 2.54. The van der Waals surface area contributed by atoms with Crippen molar-refractivity contribution in [3.05, 3.63) is 54.6 Å². The second-order valence-corrected chi connectivity index (χ2v) is 6.42. The molecule has 1 atom stereocenters. The molecule has 6 nitrogen and oxygen atoms in total. The highest BCUT2D eigenvalue weighted by molar-refractivity contribution is 5.74. The highest BCUT2D eigenvalue weighted by Gasteiger charge is 2.27. The molecule has 134 valence electrons. The minimum atomic E-state index is -0.276. The maximum Gasteiger partial charge on any atom is 0.217 e. The monoisotopic (exact) mass is 349 g/mol. The fourth-order valence-electron chi connectivity index (χ4n) is 3.45. The van der Waals surface area contributed by atoms with Crippen LogP contribution in [0.15, 0.2) is 54.6 Å². The summed E-state index contributed by atoms with van der Waals surface area (Å²) >= 11 is 0. The van der Waals surface area contributed by atoms with Crippen LogP contribution in [-0.4, -0.2) is 31.6 Å². The van der Waals surface area contributed by atoms with Crippen LogP contribution in [0.1, 0.15) is 12.8 Å². The molecule has 0 radical (unpaired) electrons. The number of hydrogen-bond donors (Lipinski definition) is 2. The Morgan fingerprint density at radius 3 is 2.65 bits per heavy atom. The van der Waals surface area contributed by atoms with E-state index in [1.54, 1.807) is 0 Å². The number of piperazine rings is 1. The number of nitrogens with zero attached hydrogens (tertiary/aromatic N) is 3. The van der Waals surface area contributed by atoms with Gasteiger partial charge in [-0.2, -0.15) is 5.26 Å². The van der Waals surface area contributed by atoms with Gasteiger partial charge in [-0.15, -0.1) is 0 Å². The molecule has 3 rings (SSSR count). The average Bonchev–Trinajstić information content (AvgIpc) is 2.67. The van der Waals surface area contributed by atoms with Crippen LogP contribution < -0.4 is 20.9 Å². The first-order chi connectivity index (χ1) is 12.7. The zero-order chi connectivity index (χ0) is 18.4. The number of anilines is 3. The number of benzene rings is 2. The maximum absolute atomic E-state index is 11.3. The van der Waals surface area contributed by atoms with Crippen LogP contribution in [0.5, 0.6) is 0 Å². The normalized spacial score (nSPS) is 16.8. The zero-order valence-electron chi connectivity index (χ0n) is 14.6. The molecule has 2 aromatic carbocycles. The van der Waals surface area contributed by atoms with E-state index in [4.69, 9.17) is 11.0 Å². The third-order valence-corrected chi connectivity index (χ3v) is 4.71. The Bertz CT molecular complexity index is 786. The van der Waals surface area contributed by atoms with E-state index in [2.05, 4.69) is 27.2 Å². The fraction of sp³-hybridized carbons (Fsp3) is 0.300. The van der Waals surface area contributed by atoms with Gasteiger partial charge in [0.05, 0.1) is 0 Å². The second kappa shape index (κ2) is 8.26. The topological polar surface area (TPSA) is 85.4 Å². The van der Waals surface area contributed by atoms with Gasteiger partial charge in [-0.3, -0.25) is 10.1 Å². The molecule has 26 heavy (non-hydrogen) atoms. The Morgan fingerprint density at radius 1 is 1.15 bits per heavy atom. The molecular weight excluding hydrogens is 326 g/mol. The van der Waals surface area contributed by atoms with Crippen LogP contribution in [0.4, 0.5) is 17.1 Å². The van der Waals surface area contributed by atoms with E-state index < -0.39 is 0 Å². The molecule has 0 aliphatic carbocycles. The minimum Gasteiger partial charge on any atom is -0.370 e. The van der Waals surface area contributed by atoms with Crippen LogP contribution in [0, 0.1) is 11.5 Å². The zero-order valence-corrected chi connectivity index (χ0v) is 14.6. The van der Waals surface area contributed by atoms with Crippen molar-refractivity contribution < 1.29 is 4.79 Å². The van der Waals surface area contributed by atoms with E-state index in [9.17, 15) is 4.79 Å². The molecule has 0 bridgehead atoms. The van der Waals surface area contributed by atoms with Gasteiger partial charge in [-0.1, -0.05) is 24.3 Å². The summed E-state index contributed by atoms with van der Waals surface area (Å²) in [6, 6.07) is 18.3. The van der Waals surface area contributed by atoms with Gasteiger partial charge < -0.3 is 15.5 Å². The summed E-state index contributed by atoms with van der Waals surface area (Å²) in [4.78, 5) is 16.0. The molecule has 1 aliphatic heterocycles. The minimum absolute atomic E-state index is 0.175. The summed E-state index contributed by atoms with van der Waals surface area (Å²) < 4.78 is 0. The van der Waals surface area contributed by atoms with Crippen LogP contribution in [0.3, 0.4) is 0 Å². The molecule has 1 aliphatic rings. The highest BCUT2D eigenvalue weighted by atomic mass is 16.1. The summed E-state index contributed by atoms with van der Waals surface area (Å²) in [6.45, 7) is 2.56. The molecule has 1 fully saturated rings. The average molecular weight is 349 g/mol. The lowest BCUT2D eigenvalue weighted by molar-refractivity contribution is -0.118. The number of hydrogen-bond acceptors (Lipinski definition) is 5. The SMILES string of the molecule is N#CNc1cccc(N2CCN(c3ccccc3)CC2CCC(N)=O)c1. The van der Waals surface area contributed by atoms with Gasteiger partial charge in [-0.25, -0.2) is 0 Å². The van der Waals surface area contributed by atoms with Crippen molar-refractivity contribution in [2.75, 3.05) is 34.8 Å². The van der Waals surface area contributed by atoms with Crippen molar-refractivity contribution >= 4 is 23.0 Å². The second-order valence-electron chi connectivity index (χ2n) is 6.42. The smallest absolute Gasteiger partial charge is 0.217 e. The number of amides is 1. The number of nitrogens with one attached hydrogen (secondary N) is 1.